The van der Waals surface area contributed by atoms with Gasteiger partial charge in [0.2, 0.25) is 0 Å². The zero-order valence-electron chi connectivity index (χ0n) is 19.7. The number of para-hydroxylation sites is 1. The molecule has 1 spiro atoms. The number of pyridine rings is 1. The molecule has 0 atom stereocenters. The molecule has 2 fully saturated rings. The van der Waals surface area contributed by atoms with Gasteiger partial charge in [-0.1, -0.05) is 32.0 Å². The van der Waals surface area contributed by atoms with E-state index in [9.17, 15) is 8.42 Å². The number of likely N-dealkylation sites (N-methyl/N-ethyl adjacent to an activating group) is 1. The first kappa shape index (κ1) is 23.5. The van der Waals surface area contributed by atoms with Crippen molar-refractivity contribution in [1.29, 1.82) is 0 Å². The molecule has 0 radical (unpaired) electrons. The van der Waals surface area contributed by atoms with Crippen LogP contribution in [0.4, 0.5) is 5.69 Å². The second-order valence-corrected chi connectivity index (χ2v) is 10.8. The van der Waals surface area contributed by atoms with E-state index in [4.69, 9.17) is 9.72 Å². The van der Waals surface area contributed by atoms with E-state index in [1.807, 2.05) is 63.4 Å². The molecule has 1 aromatic heterocycles. The summed E-state index contributed by atoms with van der Waals surface area (Å²) >= 11 is 0. The molecule has 1 N–H and O–H groups in total. The Kier molecular flexibility index (Phi) is 6.91. The SMILES string of the molecule is CC.CNCCOc1ccc(-c2cc(N3CCC4(C3)CS(=O)(=O)C4)c3ccccc3n2)cc1.[HH]. The third-order valence-corrected chi connectivity index (χ3v) is 8.40. The quantitative estimate of drug-likeness (QED) is 0.540. The maximum Gasteiger partial charge on any atom is 0.151 e. The van der Waals surface area contributed by atoms with Crippen molar-refractivity contribution in [2.75, 3.05) is 49.7 Å². The van der Waals surface area contributed by atoms with Crippen molar-refractivity contribution in [3.05, 3.63) is 54.6 Å². The van der Waals surface area contributed by atoms with E-state index in [1.165, 1.54) is 0 Å². The lowest BCUT2D eigenvalue weighted by molar-refractivity contribution is 0.318. The van der Waals surface area contributed by atoms with E-state index in [1.54, 1.807) is 0 Å². The van der Waals surface area contributed by atoms with Gasteiger partial charge in [0.1, 0.15) is 12.4 Å². The summed E-state index contributed by atoms with van der Waals surface area (Å²) in [4.78, 5) is 7.25. The topological polar surface area (TPSA) is 71.5 Å². The average Bonchev–Trinajstić information content (AvgIpc) is 3.23. The number of benzene rings is 2. The fourth-order valence-corrected chi connectivity index (χ4v) is 7.08. The summed E-state index contributed by atoms with van der Waals surface area (Å²) in [6.07, 6.45) is 0.927. The molecule has 3 aromatic rings. The number of hydrogen-bond donors (Lipinski definition) is 1. The van der Waals surface area contributed by atoms with Gasteiger partial charge in [-0.25, -0.2) is 13.4 Å². The Bertz CT molecular complexity index is 1200. The minimum absolute atomic E-state index is 0. The number of fused-ring (bicyclic) bond motifs is 1. The van der Waals surface area contributed by atoms with Crippen molar-refractivity contribution in [2.24, 2.45) is 5.41 Å². The van der Waals surface area contributed by atoms with Gasteiger partial charge in [0.15, 0.2) is 9.84 Å². The summed E-state index contributed by atoms with van der Waals surface area (Å²) in [7, 11) is -0.936. The Balaban J connectivity index is 0.00000105. The minimum Gasteiger partial charge on any atom is -0.492 e. The molecular weight excluding hydrogens is 434 g/mol. The Morgan fingerprint density at radius 2 is 1.85 bits per heavy atom. The highest BCUT2D eigenvalue weighted by Gasteiger charge is 2.52. The molecule has 5 rings (SSSR count). The van der Waals surface area contributed by atoms with E-state index >= 15 is 0 Å². The largest absolute Gasteiger partial charge is 0.492 e. The van der Waals surface area contributed by atoms with Gasteiger partial charge in [0.25, 0.3) is 0 Å². The Morgan fingerprint density at radius 1 is 1.12 bits per heavy atom. The molecule has 0 aliphatic carbocycles. The van der Waals surface area contributed by atoms with Crippen molar-refractivity contribution in [3.63, 3.8) is 0 Å². The maximum atomic E-state index is 11.8. The van der Waals surface area contributed by atoms with Crippen molar-refractivity contribution in [2.45, 2.75) is 20.3 Å². The van der Waals surface area contributed by atoms with Crippen molar-refractivity contribution < 1.29 is 14.6 Å². The van der Waals surface area contributed by atoms with Gasteiger partial charge in [0, 0.05) is 43.1 Å². The molecule has 6 nitrogen and oxygen atoms in total. The van der Waals surface area contributed by atoms with Crippen LogP contribution >= 0.6 is 0 Å². The zero-order valence-corrected chi connectivity index (χ0v) is 20.5. The highest BCUT2D eigenvalue weighted by Crippen LogP contribution is 2.44. The molecule has 3 heterocycles. The Hall–Kier alpha value is -2.64. The lowest BCUT2D eigenvalue weighted by Gasteiger charge is -2.37. The molecule has 0 bridgehead atoms. The summed E-state index contributed by atoms with van der Waals surface area (Å²) in [5.74, 6) is 1.48. The molecular formula is C26H35N3O3S. The lowest BCUT2D eigenvalue weighted by atomic mass is 9.91. The average molecular weight is 470 g/mol. The molecule has 33 heavy (non-hydrogen) atoms. The van der Waals surface area contributed by atoms with Gasteiger partial charge in [0.05, 0.1) is 22.7 Å². The standard InChI is InChI=1S/C24H27N3O3S.C2H6.H2/c1-25-11-13-30-19-8-6-18(7-9-19)22-14-23(20-4-2-3-5-21(20)26-22)27-12-10-24(15-27)16-31(28,29)17-24;1-2;/h2-9,14,25H,10-13,15-17H2,1H3;1-2H3;1H. The number of nitrogens with zero attached hydrogens (tertiary/aromatic N) is 2. The molecule has 0 saturated carbocycles. The Labute approximate surface area is 198 Å². The van der Waals surface area contributed by atoms with Crippen molar-refractivity contribution in [1.82, 2.24) is 10.3 Å². The molecule has 2 saturated heterocycles. The highest BCUT2D eigenvalue weighted by atomic mass is 32.2. The first-order valence-corrected chi connectivity index (χ1v) is 13.5. The third kappa shape index (κ3) is 4.99. The molecule has 0 amide bonds. The van der Waals surface area contributed by atoms with E-state index < -0.39 is 9.84 Å². The first-order valence-electron chi connectivity index (χ1n) is 11.7. The molecule has 0 unspecified atom stereocenters. The molecule has 7 heteroatoms. The van der Waals surface area contributed by atoms with E-state index in [2.05, 4.69) is 22.3 Å². The highest BCUT2D eigenvalue weighted by molar-refractivity contribution is 7.92. The van der Waals surface area contributed by atoms with Crippen LogP contribution in [0.25, 0.3) is 22.2 Å². The van der Waals surface area contributed by atoms with Crippen molar-refractivity contribution >= 4 is 26.4 Å². The summed E-state index contributed by atoms with van der Waals surface area (Å²) in [6, 6.07) is 18.4. The third-order valence-electron chi connectivity index (χ3n) is 6.30. The summed E-state index contributed by atoms with van der Waals surface area (Å²) in [6.45, 7) is 7.09. The number of ether oxygens (including phenoxy) is 1. The molecule has 2 aromatic carbocycles. The van der Waals surface area contributed by atoms with E-state index in [-0.39, 0.29) is 6.84 Å². The lowest BCUT2D eigenvalue weighted by Crippen LogP contribution is -2.50. The van der Waals surface area contributed by atoms with Gasteiger partial charge in [-0.15, -0.1) is 0 Å². The van der Waals surface area contributed by atoms with E-state index in [0.29, 0.717) is 18.1 Å². The van der Waals surface area contributed by atoms with E-state index in [0.717, 1.165) is 59.7 Å². The first-order chi connectivity index (χ1) is 16.0. The number of anilines is 1. The minimum atomic E-state index is -2.84. The van der Waals surface area contributed by atoms with Crippen LogP contribution in [0.2, 0.25) is 0 Å². The normalized spacial score (nSPS) is 18.0. The number of aromatic nitrogens is 1. The summed E-state index contributed by atoms with van der Waals surface area (Å²) in [5.41, 5.74) is 3.96. The second-order valence-electron chi connectivity index (χ2n) is 8.72. The van der Waals surface area contributed by atoms with Crippen LogP contribution in [0.15, 0.2) is 54.6 Å². The molecule has 2 aliphatic rings. The van der Waals surface area contributed by atoms with Crippen LogP contribution in [-0.2, 0) is 9.84 Å². The number of sulfone groups is 1. The zero-order chi connectivity index (χ0) is 23.5. The van der Waals surface area contributed by atoms with Crippen LogP contribution in [0.1, 0.15) is 21.7 Å². The monoisotopic (exact) mass is 469 g/mol. The van der Waals surface area contributed by atoms with Crippen LogP contribution in [0.3, 0.4) is 0 Å². The predicted molar refractivity (Wildman–Crippen MR) is 138 cm³/mol. The van der Waals surface area contributed by atoms with Crippen LogP contribution in [0, 0.1) is 5.41 Å². The Morgan fingerprint density at radius 3 is 2.55 bits per heavy atom. The molecule has 178 valence electrons. The molecule has 2 aliphatic heterocycles. The van der Waals surface area contributed by atoms with Crippen LogP contribution in [0.5, 0.6) is 5.75 Å². The van der Waals surface area contributed by atoms with Crippen LogP contribution < -0.4 is 15.0 Å². The van der Waals surface area contributed by atoms with Gasteiger partial charge < -0.3 is 15.0 Å². The summed E-state index contributed by atoms with van der Waals surface area (Å²) < 4.78 is 29.4. The van der Waals surface area contributed by atoms with Gasteiger partial charge in [-0.2, -0.15) is 0 Å². The number of rotatable bonds is 6. The number of nitrogens with one attached hydrogen (secondary N) is 1. The number of hydrogen-bond acceptors (Lipinski definition) is 6. The predicted octanol–water partition coefficient (Wildman–Crippen LogP) is 4.40. The maximum absolute atomic E-state index is 11.8. The van der Waals surface area contributed by atoms with Crippen molar-refractivity contribution in [3.8, 4) is 17.0 Å². The van der Waals surface area contributed by atoms with Gasteiger partial charge in [-0.05, 0) is 49.9 Å². The van der Waals surface area contributed by atoms with Crippen LogP contribution in [-0.4, -0.2) is 58.2 Å². The second kappa shape index (κ2) is 9.69. The summed E-state index contributed by atoms with van der Waals surface area (Å²) in [5, 5.41) is 4.18. The van der Waals surface area contributed by atoms with Gasteiger partial charge >= 0.3 is 0 Å². The van der Waals surface area contributed by atoms with Gasteiger partial charge in [-0.3, -0.25) is 0 Å². The fraction of sp³-hybridized carbons (Fsp3) is 0.423. The fourth-order valence-electron chi connectivity index (χ4n) is 4.83. The smallest absolute Gasteiger partial charge is 0.151 e.